The van der Waals surface area contributed by atoms with Crippen molar-refractivity contribution in [2.45, 2.75) is 13.0 Å². The fraction of sp³-hybridized carbons (Fsp3) is 0.273. The lowest BCUT2D eigenvalue weighted by Crippen LogP contribution is -2.14. The van der Waals surface area contributed by atoms with E-state index in [-0.39, 0.29) is 0 Å². The first-order valence-electron chi connectivity index (χ1n) is 4.49. The van der Waals surface area contributed by atoms with Gasteiger partial charge in [-0.2, -0.15) is 0 Å². The van der Waals surface area contributed by atoms with E-state index >= 15 is 0 Å². The molecule has 1 N–H and O–H groups in total. The Morgan fingerprint density at radius 3 is 2.93 bits per heavy atom. The van der Waals surface area contributed by atoms with Gasteiger partial charge in [-0.25, -0.2) is 0 Å². The van der Waals surface area contributed by atoms with Gasteiger partial charge in [0.2, 0.25) is 0 Å². The van der Waals surface area contributed by atoms with Crippen LogP contribution in [0.25, 0.3) is 0 Å². The highest BCUT2D eigenvalue weighted by atomic mass is 79.9. The van der Waals surface area contributed by atoms with Crippen LogP contribution in [0.3, 0.4) is 0 Å². The molecule has 0 atom stereocenters. The lowest BCUT2D eigenvalue weighted by molar-refractivity contribution is 0.696. The van der Waals surface area contributed by atoms with Gasteiger partial charge in [-0.1, -0.05) is 39.7 Å². The first-order valence-corrected chi connectivity index (χ1v) is 5.66. The van der Waals surface area contributed by atoms with Crippen molar-refractivity contribution >= 4 is 27.5 Å². The van der Waals surface area contributed by atoms with Crippen LogP contribution in [0, 0.1) is 0 Å². The molecule has 0 aliphatic carbocycles. The maximum absolute atomic E-state index is 6.05. The average molecular weight is 275 g/mol. The molecule has 0 fully saturated rings. The molecule has 0 saturated carbocycles. The molecule has 0 amide bonds. The molecule has 76 valence electrons. The van der Waals surface area contributed by atoms with Crippen molar-refractivity contribution in [1.29, 1.82) is 0 Å². The average Bonchev–Trinajstić information content (AvgIpc) is 2.15. The molecule has 14 heavy (non-hydrogen) atoms. The lowest BCUT2D eigenvalue weighted by Gasteiger charge is -2.05. The van der Waals surface area contributed by atoms with Crippen LogP contribution in [0.2, 0.25) is 5.02 Å². The van der Waals surface area contributed by atoms with E-state index in [1.165, 1.54) is 0 Å². The molecular weight excluding hydrogens is 261 g/mol. The molecule has 1 aromatic rings. The van der Waals surface area contributed by atoms with E-state index in [0.29, 0.717) is 0 Å². The summed E-state index contributed by atoms with van der Waals surface area (Å²) in [7, 11) is 0. The minimum Gasteiger partial charge on any atom is -0.312 e. The Balaban J connectivity index is 2.46. The fourth-order valence-corrected chi connectivity index (χ4v) is 1.83. The van der Waals surface area contributed by atoms with Gasteiger partial charge in [0.15, 0.2) is 0 Å². The van der Waals surface area contributed by atoms with E-state index in [4.69, 9.17) is 11.6 Å². The van der Waals surface area contributed by atoms with Crippen LogP contribution in [-0.4, -0.2) is 6.54 Å². The summed E-state index contributed by atoms with van der Waals surface area (Å²) >= 11 is 9.42. The number of nitrogens with one attached hydrogen (secondary N) is 1. The van der Waals surface area contributed by atoms with Gasteiger partial charge >= 0.3 is 0 Å². The number of halogens is 2. The highest BCUT2D eigenvalue weighted by molar-refractivity contribution is 9.10. The summed E-state index contributed by atoms with van der Waals surface area (Å²) in [5.41, 5.74) is 1.12. The second kappa shape index (κ2) is 6.23. The highest BCUT2D eigenvalue weighted by Crippen LogP contribution is 2.20. The maximum Gasteiger partial charge on any atom is 0.0462 e. The number of benzene rings is 1. The van der Waals surface area contributed by atoms with Gasteiger partial charge in [0, 0.05) is 16.0 Å². The zero-order valence-electron chi connectivity index (χ0n) is 7.89. The van der Waals surface area contributed by atoms with Crippen molar-refractivity contribution in [3.05, 3.63) is 45.9 Å². The van der Waals surface area contributed by atoms with Crippen LogP contribution in [0.15, 0.2) is 35.3 Å². The van der Waals surface area contributed by atoms with Gasteiger partial charge in [-0.3, -0.25) is 0 Å². The third-order valence-corrected chi connectivity index (χ3v) is 2.70. The molecule has 1 nitrogen and oxygen atoms in total. The first kappa shape index (κ1) is 11.8. The van der Waals surface area contributed by atoms with Crippen LogP contribution < -0.4 is 5.32 Å². The van der Waals surface area contributed by atoms with Crippen molar-refractivity contribution in [1.82, 2.24) is 5.32 Å². The van der Waals surface area contributed by atoms with Crippen molar-refractivity contribution in [3.8, 4) is 0 Å². The summed E-state index contributed by atoms with van der Waals surface area (Å²) in [6.45, 7) is 5.41. The predicted molar refractivity (Wildman–Crippen MR) is 65.7 cm³/mol. The van der Waals surface area contributed by atoms with Crippen molar-refractivity contribution in [2.75, 3.05) is 6.54 Å². The molecular formula is C11H13BrClN. The van der Waals surface area contributed by atoms with Crippen LogP contribution in [-0.2, 0) is 6.54 Å². The number of hydrogen-bond acceptors (Lipinski definition) is 1. The first-order chi connectivity index (χ1) is 6.74. The second-order valence-electron chi connectivity index (χ2n) is 2.99. The van der Waals surface area contributed by atoms with Crippen LogP contribution in [0.1, 0.15) is 12.0 Å². The Kier molecular flexibility index (Phi) is 5.23. The van der Waals surface area contributed by atoms with E-state index in [1.807, 2.05) is 24.3 Å². The zero-order valence-corrected chi connectivity index (χ0v) is 10.2. The Morgan fingerprint density at radius 1 is 1.50 bits per heavy atom. The maximum atomic E-state index is 6.05. The highest BCUT2D eigenvalue weighted by Gasteiger charge is 1.99. The molecule has 0 spiro atoms. The van der Waals surface area contributed by atoms with Crippen LogP contribution >= 0.6 is 27.5 Å². The molecule has 1 rings (SSSR count). The quantitative estimate of drug-likeness (QED) is 0.637. The second-order valence-corrected chi connectivity index (χ2v) is 4.31. The van der Waals surface area contributed by atoms with Gasteiger partial charge in [-0.05, 0) is 30.7 Å². The molecule has 0 aliphatic rings. The topological polar surface area (TPSA) is 12.0 Å². The predicted octanol–water partition coefficient (Wildman–Crippen LogP) is 3.77. The third-order valence-electron chi connectivity index (χ3n) is 1.86. The minimum atomic E-state index is 0.797. The Labute approximate surface area is 98.3 Å². The van der Waals surface area contributed by atoms with Gasteiger partial charge in [0.25, 0.3) is 0 Å². The summed E-state index contributed by atoms with van der Waals surface area (Å²) < 4.78 is 1.01. The molecule has 0 aromatic heterocycles. The Hall–Kier alpha value is -0.310. The molecule has 0 heterocycles. The molecule has 0 bridgehead atoms. The summed E-state index contributed by atoms with van der Waals surface area (Å²) in [6.07, 6.45) is 2.88. The molecule has 0 unspecified atom stereocenters. The van der Waals surface area contributed by atoms with Crippen molar-refractivity contribution in [2.24, 2.45) is 0 Å². The van der Waals surface area contributed by atoms with E-state index in [9.17, 15) is 0 Å². The lowest BCUT2D eigenvalue weighted by atomic mass is 10.2. The summed E-state index contributed by atoms with van der Waals surface area (Å²) in [5, 5.41) is 4.09. The monoisotopic (exact) mass is 273 g/mol. The third kappa shape index (κ3) is 3.82. The van der Waals surface area contributed by atoms with Crippen LogP contribution in [0.4, 0.5) is 0 Å². The van der Waals surface area contributed by atoms with Crippen LogP contribution in [0.5, 0.6) is 0 Å². The zero-order chi connectivity index (χ0) is 10.4. The van der Waals surface area contributed by atoms with Crippen molar-refractivity contribution in [3.63, 3.8) is 0 Å². The van der Waals surface area contributed by atoms with E-state index in [0.717, 1.165) is 34.6 Å². The minimum absolute atomic E-state index is 0.797. The Morgan fingerprint density at radius 2 is 2.29 bits per heavy atom. The summed E-state index contributed by atoms with van der Waals surface area (Å²) in [4.78, 5) is 0. The van der Waals surface area contributed by atoms with Gasteiger partial charge in [-0.15, -0.1) is 6.58 Å². The number of hydrogen-bond donors (Lipinski definition) is 1. The molecule has 3 heteroatoms. The van der Waals surface area contributed by atoms with E-state index < -0.39 is 0 Å². The molecule has 0 radical (unpaired) electrons. The van der Waals surface area contributed by atoms with Crippen molar-refractivity contribution < 1.29 is 0 Å². The normalized spacial score (nSPS) is 10.1. The Bertz CT molecular complexity index is 312. The fourth-order valence-electron chi connectivity index (χ4n) is 1.09. The van der Waals surface area contributed by atoms with E-state index in [2.05, 4.69) is 27.8 Å². The largest absolute Gasteiger partial charge is 0.312 e. The summed E-state index contributed by atoms with van der Waals surface area (Å²) in [5.74, 6) is 0. The SMILES string of the molecule is C=CCCNCc1ccc(Br)cc1Cl. The van der Waals surface area contributed by atoms with Gasteiger partial charge in [0.1, 0.15) is 0 Å². The smallest absolute Gasteiger partial charge is 0.0462 e. The number of rotatable bonds is 5. The standard InChI is InChI=1S/C11H13BrClN/c1-2-3-6-14-8-9-4-5-10(12)7-11(9)13/h2,4-5,7,14H,1,3,6,8H2. The van der Waals surface area contributed by atoms with Gasteiger partial charge in [0.05, 0.1) is 0 Å². The molecule has 0 aliphatic heterocycles. The molecule has 0 saturated heterocycles. The summed E-state index contributed by atoms with van der Waals surface area (Å²) in [6, 6.07) is 5.93. The molecule has 1 aromatic carbocycles. The van der Waals surface area contributed by atoms with Gasteiger partial charge < -0.3 is 5.32 Å². The van der Waals surface area contributed by atoms with E-state index in [1.54, 1.807) is 0 Å².